The number of carbonyl (C=O) groups is 1. The van der Waals surface area contributed by atoms with Crippen LogP contribution in [0.4, 0.5) is 0 Å². The van der Waals surface area contributed by atoms with E-state index < -0.39 is 6.10 Å². The molecular formula is C12H11O3. The molecule has 1 aromatic carbocycles. The Labute approximate surface area is 87.3 Å². The van der Waals surface area contributed by atoms with Gasteiger partial charge in [0.2, 0.25) is 0 Å². The number of carbonyl (C=O) groups excluding carboxylic acids is 1. The minimum Gasteiger partial charge on any atom is -0.458 e. The lowest BCUT2D eigenvalue weighted by Gasteiger charge is -1.95. The second-order valence-electron chi connectivity index (χ2n) is 3.50. The summed E-state index contributed by atoms with van der Waals surface area (Å²) < 4.78 is 5.38. The molecule has 0 amide bonds. The zero-order valence-electron chi connectivity index (χ0n) is 8.36. The average molecular weight is 203 g/mol. The summed E-state index contributed by atoms with van der Waals surface area (Å²) in [6.45, 7) is 4.97. The summed E-state index contributed by atoms with van der Waals surface area (Å²) in [7, 11) is 0. The quantitative estimate of drug-likeness (QED) is 0.763. The Morgan fingerprint density at radius 3 is 2.80 bits per heavy atom. The number of aliphatic hydroxyl groups excluding tert-OH is 1. The van der Waals surface area contributed by atoms with Crippen molar-refractivity contribution in [2.24, 2.45) is 0 Å². The average Bonchev–Trinajstić information content (AvgIpc) is 2.59. The number of benzene rings is 1. The van der Waals surface area contributed by atoms with Crippen LogP contribution in [0, 0.1) is 6.92 Å². The summed E-state index contributed by atoms with van der Waals surface area (Å²) in [4.78, 5) is 11.0. The van der Waals surface area contributed by atoms with Gasteiger partial charge in [0.15, 0.2) is 5.78 Å². The summed E-state index contributed by atoms with van der Waals surface area (Å²) in [5.74, 6) is 0.273. The molecule has 1 radical (unpaired) electrons. The first-order valence-corrected chi connectivity index (χ1v) is 4.66. The van der Waals surface area contributed by atoms with E-state index in [2.05, 4.69) is 6.92 Å². The van der Waals surface area contributed by atoms with Crippen molar-refractivity contribution < 1.29 is 14.3 Å². The summed E-state index contributed by atoms with van der Waals surface area (Å²) >= 11 is 0. The van der Waals surface area contributed by atoms with E-state index in [0.29, 0.717) is 16.9 Å². The van der Waals surface area contributed by atoms with Crippen molar-refractivity contribution in [3.05, 3.63) is 42.5 Å². The molecule has 0 aliphatic rings. The molecule has 0 fully saturated rings. The number of aliphatic hydroxyl groups is 1. The molecular weight excluding hydrogens is 192 g/mol. The fourth-order valence-corrected chi connectivity index (χ4v) is 1.44. The van der Waals surface area contributed by atoms with Crippen molar-refractivity contribution in [2.45, 2.75) is 13.0 Å². The molecule has 0 bridgehead atoms. The molecule has 1 atom stereocenters. The lowest BCUT2D eigenvalue weighted by atomic mass is 10.1. The first kappa shape index (κ1) is 9.93. The Bertz CT molecular complexity index is 509. The number of Topliss-reactive ketones (excluding diaryl/α,β-unsaturated/α-hetero) is 1. The third-order valence-corrected chi connectivity index (χ3v) is 2.27. The highest BCUT2D eigenvalue weighted by molar-refractivity contribution is 6.01. The van der Waals surface area contributed by atoms with Crippen LogP contribution in [0.3, 0.4) is 0 Å². The second kappa shape index (κ2) is 3.51. The second-order valence-corrected chi connectivity index (χ2v) is 3.50. The SMILES string of the molecule is [CH2]C(=O)c1ccc2oc(C(C)O)cc2c1. The number of rotatable bonds is 2. The lowest BCUT2D eigenvalue weighted by Crippen LogP contribution is -1.90. The van der Waals surface area contributed by atoms with Gasteiger partial charge in [0, 0.05) is 17.9 Å². The normalized spacial score (nSPS) is 13.0. The Kier molecular flexibility index (Phi) is 2.32. The van der Waals surface area contributed by atoms with Gasteiger partial charge in [-0.25, -0.2) is 0 Å². The Hall–Kier alpha value is -1.61. The minimum absolute atomic E-state index is 0.225. The summed E-state index contributed by atoms with van der Waals surface area (Å²) in [6, 6.07) is 6.80. The third-order valence-electron chi connectivity index (χ3n) is 2.27. The fourth-order valence-electron chi connectivity index (χ4n) is 1.44. The van der Waals surface area contributed by atoms with Crippen LogP contribution < -0.4 is 0 Å². The number of ketones is 1. The van der Waals surface area contributed by atoms with Crippen molar-refractivity contribution in [1.29, 1.82) is 0 Å². The van der Waals surface area contributed by atoms with E-state index in [1.165, 1.54) is 0 Å². The van der Waals surface area contributed by atoms with Gasteiger partial charge in [-0.2, -0.15) is 0 Å². The smallest absolute Gasteiger partial charge is 0.163 e. The van der Waals surface area contributed by atoms with E-state index in [0.717, 1.165) is 5.39 Å². The van der Waals surface area contributed by atoms with Gasteiger partial charge in [-0.05, 0) is 31.2 Å². The maximum absolute atomic E-state index is 11.0. The molecule has 15 heavy (non-hydrogen) atoms. The van der Waals surface area contributed by atoms with Crippen molar-refractivity contribution in [3.8, 4) is 0 Å². The highest BCUT2D eigenvalue weighted by atomic mass is 16.4. The Balaban J connectivity index is 2.57. The maximum Gasteiger partial charge on any atom is 0.163 e. The zero-order valence-corrected chi connectivity index (χ0v) is 8.36. The molecule has 77 valence electrons. The van der Waals surface area contributed by atoms with Crippen molar-refractivity contribution in [3.63, 3.8) is 0 Å². The Morgan fingerprint density at radius 2 is 2.20 bits per heavy atom. The largest absolute Gasteiger partial charge is 0.458 e. The summed E-state index contributed by atoms with van der Waals surface area (Å²) in [5.41, 5.74) is 1.20. The van der Waals surface area contributed by atoms with Gasteiger partial charge in [-0.15, -0.1) is 0 Å². The van der Waals surface area contributed by atoms with Crippen molar-refractivity contribution >= 4 is 16.8 Å². The van der Waals surface area contributed by atoms with Gasteiger partial charge in [-0.3, -0.25) is 4.79 Å². The lowest BCUT2D eigenvalue weighted by molar-refractivity contribution is 0.104. The molecule has 3 nitrogen and oxygen atoms in total. The highest BCUT2D eigenvalue weighted by Gasteiger charge is 2.09. The monoisotopic (exact) mass is 203 g/mol. The van der Waals surface area contributed by atoms with Crippen LogP contribution in [-0.2, 0) is 0 Å². The molecule has 0 spiro atoms. The first-order chi connectivity index (χ1) is 7.08. The van der Waals surface area contributed by atoms with Crippen LogP contribution in [0.2, 0.25) is 0 Å². The number of fused-ring (bicyclic) bond motifs is 1. The van der Waals surface area contributed by atoms with Gasteiger partial charge in [0.1, 0.15) is 17.4 Å². The van der Waals surface area contributed by atoms with Crippen LogP contribution in [0.1, 0.15) is 29.1 Å². The van der Waals surface area contributed by atoms with Crippen LogP contribution in [0.5, 0.6) is 0 Å². The minimum atomic E-state index is -0.642. The molecule has 2 rings (SSSR count). The summed E-state index contributed by atoms with van der Waals surface area (Å²) in [6.07, 6.45) is -0.642. The van der Waals surface area contributed by atoms with E-state index in [-0.39, 0.29) is 5.78 Å². The molecule has 3 heteroatoms. The van der Waals surface area contributed by atoms with E-state index in [4.69, 9.17) is 4.42 Å². The van der Waals surface area contributed by atoms with Crippen LogP contribution in [0.15, 0.2) is 28.7 Å². The zero-order chi connectivity index (χ0) is 11.0. The molecule has 0 saturated heterocycles. The number of hydrogen-bond donors (Lipinski definition) is 1. The van der Waals surface area contributed by atoms with Gasteiger partial charge in [0.05, 0.1) is 0 Å². The van der Waals surface area contributed by atoms with Crippen molar-refractivity contribution in [2.75, 3.05) is 0 Å². The van der Waals surface area contributed by atoms with Gasteiger partial charge < -0.3 is 9.52 Å². The molecule has 0 saturated carbocycles. The first-order valence-electron chi connectivity index (χ1n) is 4.66. The standard InChI is InChI=1S/C12H11O3/c1-7(13)9-3-4-11-10(5-9)6-12(15-11)8(2)14/h3-6,8,14H,1H2,2H3. The van der Waals surface area contributed by atoms with E-state index in [1.807, 2.05) is 0 Å². The predicted octanol–water partition coefficient (Wildman–Crippen LogP) is 2.50. The molecule has 1 N–H and O–H groups in total. The summed E-state index contributed by atoms with van der Waals surface area (Å²) in [5, 5.41) is 10.1. The molecule has 1 aromatic heterocycles. The molecule has 0 aliphatic carbocycles. The van der Waals surface area contributed by atoms with E-state index in [9.17, 15) is 9.90 Å². The van der Waals surface area contributed by atoms with Gasteiger partial charge in [-0.1, -0.05) is 0 Å². The molecule has 0 aliphatic heterocycles. The van der Waals surface area contributed by atoms with Crippen LogP contribution in [-0.4, -0.2) is 10.9 Å². The number of hydrogen-bond acceptors (Lipinski definition) is 3. The fraction of sp³-hybridized carbons (Fsp3) is 0.167. The molecule has 1 unspecified atom stereocenters. The van der Waals surface area contributed by atoms with E-state index in [1.54, 1.807) is 31.2 Å². The topological polar surface area (TPSA) is 50.4 Å². The van der Waals surface area contributed by atoms with Gasteiger partial charge >= 0.3 is 0 Å². The van der Waals surface area contributed by atoms with Crippen molar-refractivity contribution in [1.82, 2.24) is 0 Å². The van der Waals surface area contributed by atoms with E-state index >= 15 is 0 Å². The van der Waals surface area contributed by atoms with Crippen LogP contribution in [0.25, 0.3) is 11.0 Å². The van der Waals surface area contributed by atoms with Crippen LogP contribution >= 0.6 is 0 Å². The number of furan rings is 1. The third kappa shape index (κ3) is 1.78. The van der Waals surface area contributed by atoms with Gasteiger partial charge in [0.25, 0.3) is 0 Å². The molecule has 2 aromatic rings. The Morgan fingerprint density at radius 1 is 1.47 bits per heavy atom. The molecule has 1 heterocycles. The highest BCUT2D eigenvalue weighted by Crippen LogP contribution is 2.24. The maximum atomic E-state index is 11.0. The predicted molar refractivity (Wildman–Crippen MR) is 56.5 cm³/mol.